The molecule has 1 rings (SSSR count). The normalized spacial score (nSPS) is 14.1. The summed E-state index contributed by atoms with van der Waals surface area (Å²) in [6.07, 6.45) is 0.381. The Morgan fingerprint density at radius 1 is 1.28 bits per heavy atom. The molecular weight excluding hydrogens is 226 g/mol. The smallest absolute Gasteiger partial charge is 0.251 e. The zero-order valence-electron chi connectivity index (χ0n) is 11.7. The number of hydrogen-bond donors (Lipinski definition) is 2. The highest BCUT2D eigenvalue weighted by Crippen LogP contribution is 2.10. The van der Waals surface area contributed by atoms with Crippen molar-refractivity contribution in [3.8, 4) is 0 Å². The molecule has 3 heteroatoms. The van der Waals surface area contributed by atoms with Gasteiger partial charge in [0.05, 0.1) is 6.10 Å². The number of rotatable bonds is 5. The number of amides is 1. The third-order valence-electron chi connectivity index (χ3n) is 3.12. The predicted molar refractivity (Wildman–Crippen MR) is 73.7 cm³/mol. The Kier molecular flexibility index (Phi) is 5.35. The van der Waals surface area contributed by atoms with Crippen molar-refractivity contribution >= 4 is 5.91 Å². The van der Waals surface area contributed by atoms with Crippen molar-refractivity contribution in [2.24, 2.45) is 5.92 Å². The molecule has 0 heterocycles. The lowest BCUT2D eigenvalue weighted by molar-refractivity contribution is 0.0939. The topological polar surface area (TPSA) is 49.3 Å². The molecule has 2 atom stereocenters. The van der Waals surface area contributed by atoms with E-state index in [0.717, 1.165) is 5.56 Å². The standard InChI is InChI=1S/C15H23NO2/c1-10(7-13(4)17)9-16-15(18)14-6-5-11(2)12(3)8-14/h5-6,8,10,13,17H,7,9H2,1-4H3,(H,16,18). The molecule has 0 saturated carbocycles. The number of benzene rings is 1. The van der Waals surface area contributed by atoms with Crippen LogP contribution in [0.15, 0.2) is 18.2 Å². The third kappa shape index (κ3) is 4.49. The van der Waals surface area contributed by atoms with Crippen molar-refractivity contribution in [1.29, 1.82) is 0 Å². The van der Waals surface area contributed by atoms with Crippen LogP contribution in [0, 0.1) is 19.8 Å². The Labute approximate surface area is 109 Å². The minimum atomic E-state index is -0.321. The van der Waals surface area contributed by atoms with E-state index in [-0.39, 0.29) is 17.9 Å². The van der Waals surface area contributed by atoms with Gasteiger partial charge in [-0.15, -0.1) is 0 Å². The zero-order chi connectivity index (χ0) is 13.7. The number of carbonyl (C=O) groups is 1. The molecule has 1 amide bonds. The third-order valence-corrected chi connectivity index (χ3v) is 3.12. The summed E-state index contributed by atoms with van der Waals surface area (Å²) >= 11 is 0. The quantitative estimate of drug-likeness (QED) is 0.842. The van der Waals surface area contributed by atoms with Gasteiger partial charge in [0.2, 0.25) is 0 Å². The lowest BCUT2D eigenvalue weighted by Gasteiger charge is -2.14. The maximum absolute atomic E-state index is 11.9. The number of aliphatic hydroxyl groups is 1. The molecule has 0 aromatic heterocycles. The minimum absolute atomic E-state index is 0.0458. The van der Waals surface area contributed by atoms with Crippen LogP contribution in [0.3, 0.4) is 0 Å². The van der Waals surface area contributed by atoms with Gasteiger partial charge in [0.15, 0.2) is 0 Å². The van der Waals surface area contributed by atoms with Crippen LogP contribution < -0.4 is 5.32 Å². The lowest BCUT2D eigenvalue weighted by atomic mass is 10.0. The van der Waals surface area contributed by atoms with Gasteiger partial charge in [0, 0.05) is 12.1 Å². The minimum Gasteiger partial charge on any atom is -0.393 e. The van der Waals surface area contributed by atoms with Gasteiger partial charge >= 0.3 is 0 Å². The van der Waals surface area contributed by atoms with Gasteiger partial charge in [-0.2, -0.15) is 0 Å². The maximum atomic E-state index is 11.9. The van der Waals surface area contributed by atoms with Crippen LogP contribution in [0.2, 0.25) is 0 Å². The van der Waals surface area contributed by atoms with E-state index in [1.807, 2.05) is 39.0 Å². The van der Waals surface area contributed by atoms with Gasteiger partial charge in [0.25, 0.3) is 5.91 Å². The predicted octanol–water partition coefficient (Wildman–Crippen LogP) is 2.44. The van der Waals surface area contributed by atoms with E-state index in [4.69, 9.17) is 0 Å². The average molecular weight is 249 g/mol. The molecule has 0 bridgehead atoms. The molecule has 0 aliphatic rings. The number of carbonyl (C=O) groups excluding carboxylic acids is 1. The van der Waals surface area contributed by atoms with Crippen molar-refractivity contribution in [2.75, 3.05) is 6.54 Å². The summed E-state index contributed by atoms with van der Waals surface area (Å²) in [5.74, 6) is 0.232. The molecule has 0 spiro atoms. The highest BCUT2D eigenvalue weighted by atomic mass is 16.3. The summed E-state index contributed by atoms with van der Waals surface area (Å²) < 4.78 is 0. The molecule has 100 valence electrons. The first-order valence-electron chi connectivity index (χ1n) is 6.43. The SMILES string of the molecule is Cc1ccc(C(=O)NCC(C)CC(C)O)cc1C. The first-order valence-corrected chi connectivity index (χ1v) is 6.43. The van der Waals surface area contributed by atoms with E-state index in [0.29, 0.717) is 18.5 Å². The fourth-order valence-electron chi connectivity index (χ4n) is 1.92. The van der Waals surface area contributed by atoms with Crippen LogP contribution in [0.1, 0.15) is 41.8 Å². The monoisotopic (exact) mass is 249 g/mol. The van der Waals surface area contributed by atoms with Gasteiger partial charge < -0.3 is 10.4 Å². The van der Waals surface area contributed by atoms with Gasteiger partial charge in [-0.05, 0) is 56.4 Å². The molecule has 0 fully saturated rings. The van der Waals surface area contributed by atoms with E-state index in [1.54, 1.807) is 6.92 Å². The Morgan fingerprint density at radius 2 is 1.94 bits per heavy atom. The van der Waals surface area contributed by atoms with Gasteiger partial charge in [0.1, 0.15) is 0 Å². The fraction of sp³-hybridized carbons (Fsp3) is 0.533. The number of aryl methyl sites for hydroxylation is 2. The van der Waals surface area contributed by atoms with Crippen LogP contribution in [-0.2, 0) is 0 Å². The summed E-state index contributed by atoms with van der Waals surface area (Å²) in [6.45, 7) is 8.41. The van der Waals surface area contributed by atoms with Gasteiger partial charge in [-0.25, -0.2) is 0 Å². The van der Waals surface area contributed by atoms with E-state index >= 15 is 0 Å². The molecule has 0 aliphatic heterocycles. The average Bonchev–Trinajstić information content (AvgIpc) is 2.28. The highest BCUT2D eigenvalue weighted by molar-refractivity contribution is 5.94. The van der Waals surface area contributed by atoms with Crippen LogP contribution in [0.25, 0.3) is 0 Å². The molecule has 18 heavy (non-hydrogen) atoms. The Hall–Kier alpha value is -1.35. The van der Waals surface area contributed by atoms with Crippen LogP contribution in [-0.4, -0.2) is 23.7 Å². The number of hydrogen-bond acceptors (Lipinski definition) is 2. The van der Waals surface area contributed by atoms with Crippen LogP contribution >= 0.6 is 0 Å². The molecule has 1 aromatic rings. The van der Waals surface area contributed by atoms with Crippen molar-refractivity contribution in [1.82, 2.24) is 5.32 Å². The molecule has 0 saturated heterocycles. The second kappa shape index (κ2) is 6.55. The zero-order valence-corrected chi connectivity index (χ0v) is 11.7. The molecule has 3 nitrogen and oxygen atoms in total. The number of nitrogens with one attached hydrogen (secondary N) is 1. The van der Waals surface area contributed by atoms with Crippen molar-refractivity contribution in [2.45, 2.75) is 40.2 Å². The highest BCUT2D eigenvalue weighted by Gasteiger charge is 2.10. The summed E-state index contributed by atoms with van der Waals surface area (Å²) in [7, 11) is 0. The molecule has 0 radical (unpaired) electrons. The lowest BCUT2D eigenvalue weighted by Crippen LogP contribution is -2.29. The number of aliphatic hydroxyl groups excluding tert-OH is 1. The van der Waals surface area contributed by atoms with E-state index in [2.05, 4.69) is 5.32 Å². The summed E-state index contributed by atoms with van der Waals surface area (Å²) in [5.41, 5.74) is 3.01. The molecule has 0 aliphatic carbocycles. The molecule has 1 aromatic carbocycles. The molecular formula is C15H23NO2. The van der Waals surface area contributed by atoms with E-state index < -0.39 is 0 Å². The van der Waals surface area contributed by atoms with Gasteiger partial charge in [-0.3, -0.25) is 4.79 Å². The maximum Gasteiger partial charge on any atom is 0.251 e. The van der Waals surface area contributed by atoms with Crippen molar-refractivity contribution < 1.29 is 9.90 Å². The van der Waals surface area contributed by atoms with Gasteiger partial charge in [-0.1, -0.05) is 13.0 Å². The molecule has 2 unspecified atom stereocenters. The first-order chi connectivity index (χ1) is 8.40. The fourth-order valence-corrected chi connectivity index (χ4v) is 1.92. The molecule has 2 N–H and O–H groups in total. The summed E-state index contributed by atoms with van der Waals surface area (Å²) in [4.78, 5) is 11.9. The van der Waals surface area contributed by atoms with E-state index in [1.165, 1.54) is 5.56 Å². The largest absolute Gasteiger partial charge is 0.393 e. The van der Waals surface area contributed by atoms with Crippen molar-refractivity contribution in [3.63, 3.8) is 0 Å². The Balaban J connectivity index is 2.52. The summed E-state index contributed by atoms with van der Waals surface area (Å²) in [6, 6.07) is 5.71. The van der Waals surface area contributed by atoms with Crippen molar-refractivity contribution in [3.05, 3.63) is 34.9 Å². The first kappa shape index (κ1) is 14.7. The summed E-state index contributed by atoms with van der Waals surface area (Å²) in [5, 5.41) is 12.2. The van der Waals surface area contributed by atoms with Crippen LogP contribution in [0.4, 0.5) is 0 Å². The Morgan fingerprint density at radius 3 is 2.50 bits per heavy atom. The second-order valence-corrected chi connectivity index (χ2v) is 5.20. The Bertz CT molecular complexity index is 413. The van der Waals surface area contributed by atoms with E-state index in [9.17, 15) is 9.90 Å². The van der Waals surface area contributed by atoms with Crippen LogP contribution in [0.5, 0.6) is 0 Å². The second-order valence-electron chi connectivity index (χ2n) is 5.20.